The number of nitrogens with two attached hydrogens (primary N) is 1. The Morgan fingerprint density at radius 1 is 1.39 bits per heavy atom. The van der Waals surface area contributed by atoms with E-state index in [1.807, 2.05) is 24.3 Å². The molecule has 1 aromatic carbocycles. The zero-order valence-corrected chi connectivity index (χ0v) is 10.1. The largest absolute Gasteiger partial charge is 0.432 e. The quantitative estimate of drug-likeness (QED) is 0.857. The number of benzene rings is 1. The van der Waals surface area contributed by atoms with Crippen LogP contribution in [0.15, 0.2) is 34.9 Å². The van der Waals surface area contributed by atoms with E-state index in [1.165, 1.54) is 6.26 Å². The molecule has 2 rings (SSSR count). The van der Waals surface area contributed by atoms with Crippen LogP contribution >= 0.6 is 0 Å². The lowest BCUT2D eigenvalue weighted by Gasteiger charge is -2.06. The zero-order chi connectivity index (χ0) is 13.0. The lowest BCUT2D eigenvalue weighted by atomic mass is 10.0. The number of amides is 1. The van der Waals surface area contributed by atoms with Gasteiger partial charge >= 0.3 is 6.01 Å². The Hall–Kier alpha value is -2.14. The molecule has 0 aliphatic carbocycles. The molecule has 3 N–H and O–H groups in total. The van der Waals surface area contributed by atoms with Gasteiger partial charge in [-0.15, -0.1) is 0 Å². The summed E-state index contributed by atoms with van der Waals surface area (Å²) in [5.41, 5.74) is 8.24. The van der Waals surface area contributed by atoms with Crippen molar-refractivity contribution in [3.8, 4) is 0 Å². The molecule has 0 saturated carbocycles. The normalized spacial score (nSPS) is 10.3. The van der Waals surface area contributed by atoms with Gasteiger partial charge in [-0.1, -0.05) is 24.3 Å². The predicted octanol–water partition coefficient (Wildman–Crippen LogP) is 1.62. The highest BCUT2D eigenvalue weighted by Gasteiger charge is 2.09. The summed E-state index contributed by atoms with van der Waals surface area (Å²) in [6, 6.07) is 7.82. The first-order chi connectivity index (χ1) is 8.69. The molecule has 1 heterocycles. The van der Waals surface area contributed by atoms with Crippen LogP contribution in [-0.2, 0) is 17.8 Å². The van der Waals surface area contributed by atoms with E-state index in [-0.39, 0.29) is 18.3 Å². The maximum atomic E-state index is 11.8. The highest BCUT2D eigenvalue weighted by atomic mass is 16.4. The molecule has 5 nitrogen and oxygen atoms in total. The number of carbonyl (C=O) groups is 1. The van der Waals surface area contributed by atoms with E-state index in [0.29, 0.717) is 6.54 Å². The highest BCUT2D eigenvalue weighted by molar-refractivity contribution is 5.90. The molecule has 1 aromatic heterocycles. The van der Waals surface area contributed by atoms with E-state index in [2.05, 4.69) is 10.3 Å². The molecule has 0 radical (unpaired) electrons. The summed E-state index contributed by atoms with van der Waals surface area (Å²) in [5.74, 6) is -0.169. The molecule has 0 saturated heterocycles. The van der Waals surface area contributed by atoms with E-state index in [9.17, 15) is 4.79 Å². The van der Waals surface area contributed by atoms with Gasteiger partial charge in [0.25, 0.3) is 0 Å². The Morgan fingerprint density at radius 3 is 2.72 bits per heavy atom. The topological polar surface area (TPSA) is 81.2 Å². The first-order valence-corrected chi connectivity index (χ1v) is 5.68. The molecule has 0 spiro atoms. The third-order valence-electron chi connectivity index (χ3n) is 2.55. The van der Waals surface area contributed by atoms with Crippen LogP contribution in [0.4, 0.5) is 6.01 Å². The molecule has 5 heteroatoms. The van der Waals surface area contributed by atoms with Crippen molar-refractivity contribution in [2.45, 2.75) is 19.9 Å². The van der Waals surface area contributed by atoms with Gasteiger partial charge in [-0.05, 0) is 18.1 Å². The first kappa shape index (κ1) is 12.3. The Labute approximate surface area is 105 Å². The van der Waals surface area contributed by atoms with Gasteiger partial charge in [0, 0.05) is 6.54 Å². The number of carbonyl (C=O) groups excluding carboxylic acids is 1. The van der Waals surface area contributed by atoms with Crippen LogP contribution in [0.1, 0.15) is 16.8 Å². The minimum absolute atomic E-state index is 0.169. The van der Waals surface area contributed by atoms with Crippen molar-refractivity contribution in [1.82, 2.24) is 4.98 Å². The fraction of sp³-hybridized carbons (Fsp3) is 0.231. The maximum absolute atomic E-state index is 11.8. The fourth-order valence-corrected chi connectivity index (χ4v) is 1.68. The number of hydrogen-bond donors (Lipinski definition) is 2. The molecule has 0 aliphatic heterocycles. The average Bonchev–Trinajstić information content (AvgIpc) is 2.75. The molecule has 0 unspecified atom stereocenters. The highest BCUT2D eigenvalue weighted by Crippen LogP contribution is 2.11. The van der Waals surface area contributed by atoms with Gasteiger partial charge < -0.3 is 10.2 Å². The van der Waals surface area contributed by atoms with Gasteiger partial charge in [0.2, 0.25) is 5.91 Å². The maximum Gasteiger partial charge on any atom is 0.301 e. The minimum Gasteiger partial charge on any atom is -0.432 e. The number of aromatic nitrogens is 1. The van der Waals surface area contributed by atoms with Crippen molar-refractivity contribution >= 4 is 11.9 Å². The Kier molecular flexibility index (Phi) is 3.74. The number of oxazole rings is 1. The molecule has 1 amide bonds. The summed E-state index contributed by atoms with van der Waals surface area (Å²) in [7, 11) is 0. The van der Waals surface area contributed by atoms with Crippen molar-refractivity contribution in [1.29, 1.82) is 0 Å². The van der Waals surface area contributed by atoms with Gasteiger partial charge in [-0.25, -0.2) is 0 Å². The second-order valence-corrected chi connectivity index (χ2v) is 3.99. The van der Waals surface area contributed by atoms with E-state index < -0.39 is 0 Å². The molecular formula is C13H15N3O2. The SMILES string of the molecule is Cc1coc(NC(=O)Cc2ccccc2CN)n1. The standard InChI is InChI=1S/C13H15N3O2/c1-9-8-18-13(15-9)16-12(17)6-10-4-2-3-5-11(10)7-14/h2-5,8H,6-7,14H2,1H3,(H,15,16,17). The molecular weight excluding hydrogens is 230 g/mol. The molecule has 0 atom stereocenters. The Bertz CT molecular complexity index is 549. The van der Waals surface area contributed by atoms with E-state index in [0.717, 1.165) is 16.8 Å². The summed E-state index contributed by atoms with van der Waals surface area (Å²) < 4.78 is 5.06. The van der Waals surface area contributed by atoms with Gasteiger partial charge in [0.05, 0.1) is 12.1 Å². The van der Waals surface area contributed by atoms with Gasteiger partial charge in [0.15, 0.2) is 0 Å². The molecule has 2 aromatic rings. The summed E-state index contributed by atoms with van der Waals surface area (Å²) >= 11 is 0. The Balaban J connectivity index is 2.03. The second-order valence-electron chi connectivity index (χ2n) is 3.99. The fourth-order valence-electron chi connectivity index (χ4n) is 1.68. The molecule has 0 aliphatic rings. The zero-order valence-electron chi connectivity index (χ0n) is 10.1. The van der Waals surface area contributed by atoms with Crippen LogP contribution in [0.3, 0.4) is 0 Å². The van der Waals surface area contributed by atoms with E-state index >= 15 is 0 Å². The molecule has 94 valence electrons. The first-order valence-electron chi connectivity index (χ1n) is 5.68. The predicted molar refractivity (Wildman–Crippen MR) is 67.9 cm³/mol. The van der Waals surface area contributed by atoms with Crippen molar-refractivity contribution in [2.24, 2.45) is 5.73 Å². The summed E-state index contributed by atoms with van der Waals surface area (Å²) in [4.78, 5) is 15.8. The number of aryl methyl sites for hydroxylation is 1. The molecule has 0 fully saturated rings. The number of rotatable bonds is 4. The van der Waals surface area contributed by atoms with Crippen LogP contribution in [0, 0.1) is 6.92 Å². The second kappa shape index (κ2) is 5.46. The van der Waals surface area contributed by atoms with Crippen LogP contribution in [-0.4, -0.2) is 10.9 Å². The minimum atomic E-state index is -0.169. The van der Waals surface area contributed by atoms with E-state index in [4.69, 9.17) is 10.2 Å². The van der Waals surface area contributed by atoms with Crippen molar-refractivity contribution < 1.29 is 9.21 Å². The number of nitrogens with zero attached hydrogens (tertiary/aromatic N) is 1. The lowest BCUT2D eigenvalue weighted by Crippen LogP contribution is -2.16. The van der Waals surface area contributed by atoms with Crippen molar-refractivity contribution in [3.63, 3.8) is 0 Å². The Morgan fingerprint density at radius 2 is 2.11 bits per heavy atom. The van der Waals surface area contributed by atoms with Crippen molar-refractivity contribution in [3.05, 3.63) is 47.3 Å². The van der Waals surface area contributed by atoms with Crippen LogP contribution in [0.5, 0.6) is 0 Å². The molecule has 0 bridgehead atoms. The smallest absolute Gasteiger partial charge is 0.301 e. The third-order valence-corrected chi connectivity index (χ3v) is 2.55. The summed E-state index contributed by atoms with van der Waals surface area (Å²) in [6.07, 6.45) is 1.75. The summed E-state index contributed by atoms with van der Waals surface area (Å²) in [5, 5.41) is 2.61. The number of anilines is 1. The summed E-state index contributed by atoms with van der Waals surface area (Å²) in [6.45, 7) is 2.21. The molecule has 18 heavy (non-hydrogen) atoms. The van der Waals surface area contributed by atoms with Crippen LogP contribution in [0.25, 0.3) is 0 Å². The third kappa shape index (κ3) is 2.95. The van der Waals surface area contributed by atoms with E-state index in [1.54, 1.807) is 6.92 Å². The van der Waals surface area contributed by atoms with Gasteiger partial charge in [-0.2, -0.15) is 4.98 Å². The van der Waals surface area contributed by atoms with Gasteiger partial charge in [-0.3, -0.25) is 10.1 Å². The lowest BCUT2D eigenvalue weighted by molar-refractivity contribution is -0.115. The number of hydrogen-bond acceptors (Lipinski definition) is 4. The average molecular weight is 245 g/mol. The van der Waals surface area contributed by atoms with Crippen LogP contribution < -0.4 is 11.1 Å². The number of nitrogens with one attached hydrogen (secondary N) is 1. The monoisotopic (exact) mass is 245 g/mol. The van der Waals surface area contributed by atoms with Crippen LogP contribution in [0.2, 0.25) is 0 Å². The van der Waals surface area contributed by atoms with Crippen molar-refractivity contribution in [2.75, 3.05) is 5.32 Å². The van der Waals surface area contributed by atoms with Gasteiger partial charge in [0.1, 0.15) is 6.26 Å².